The van der Waals surface area contributed by atoms with E-state index in [0.29, 0.717) is 16.8 Å². The number of carbonyl (C=O) groups is 2. The maximum atomic E-state index is 12.2. The van der Waals surface area contributed by atoms with Crippen LogP contribution in [0.4, 0.5) is 5.69 Å². The van der Waals surface area contributed by atoms with Gasteiger partial charge >= 0.3 is 5.97 Å². The van der Waals surface area contributed by atoms with Gasteiger partial charge in [0.2, 0.25) is 0 Å². The summed E-state index contributed by atoms with van der Waals surface area (Å²) in [6, 6.07) is 15.0. The Morgan fingerprint density at radius 1 is 1.00 bits per heavy atom. The summed E-state index contributed by atoms with van der Waals surface area (Å²) >= 11 is 3.99. The van der Waals surface area contributed by atoms with Gasteiger partial charge in [0, 0.05) is 22.6 Å². The van der Waals surface area contributed by atoms with Crippen LogP contribution in [0.2, 0.25) is 0 Å². The molecule has 0 aromatic heterocycles. The lowest BCUT2D eigenvalue weighted by atomic mass is 10.0. The van der Waals surface area contributed by atoms with E-state index in [0.717, 1.165) is 0 Å². The Morgan fingerprint density at radius 3 is 2.10 bits per heavy atom. The molecule has 4 nitrogen and oxygen atoms in total. The fraction of sp³-hybridized carbons (Fsp3) is 0.125. The van der Waals surface area contributed by atoms with Crippen molar-refractivity contribution in [1.82, 2.24) is 0 Å². The van der Waals surface area contributed by atoms with Crippen molar-refractivity contribution in [3.63, 3.8) is 0 Å². The predicted molar refractivity (Wildman–Crippen MR) is 85.2 cm³/mol. The molecule has 2 aromatic rings. The van der Waals surface area contributed by atoms with E-state index in [4.69, 9.17) is 5.11 Å². The van der Waals surface area contributed by atoms with Gasteiger partial charge in [-0.25, -0.2) is 4.79 Å². The minimum atomic E-state index is -0.963. The number of hydrogen-bond donors (Lipinski definition) is 3. The second-order valence-corrected chi connectivity index (χ2v) is 4.86. The molecule has 0 heterocycles. The summed E-state index contributed by atoms with van der Waals surface area (Å²) in [6.45, 7) is 0. The Hall–Kier alpha value is -2.27. The smallest absolute Gasteiger partial charge is 0.326 e. The third-order valence-electron chi connectivity index (χ3n) is 3.00. The highest BCUT2D eigenvalue weighted by Crippen LogP contribution is 2.15. The first kappa shape index (κ1) is 15.1. The van der Waals surface area contributed by atoms with Gasteiger partial charge in [-0.15, -0.1) is 0 Å². The molecule has 5 heteroatoms. The first-order valence-electron chi connectivity index (χ1n) is 6.42. The molecular weight excluding hydrogens is 286 g/mol. The fourth-order valence-electron chi connectivity index (χ4n) is 1.86. The molecule has 0 spiro atoms. The van der Waals surface area contributed by atoms with E-state index < -0.39 is 12.0 Å². The number of hydrogen-bond acceptors (Lipinski definition) is 4. The van der Waals surface area contributed by atoms with Crippen molar-refractivity contribution in [1.29, 1.82) is 0 Å². The molecule has 2 aromatic carbocycles. The van der Waals surface area contributed by atoms with Crippen LogP contribution in [0.5, 0.6) is 0 Å². The maximum absolute atomic E-state index is 12.2. The van der Waals surface area contributed by atoms with Crippen molar-refractivity contribution in [2.45, 2.75) is 6.04 Å². The van der Waals surface area contributed by atoms with Gasteiger partial charge < -0.3 is 10.4 Å². The van der Waals surface area contributed by atoms with E-state index in [-0.39, 0.29) is 11.5 Å². The number of benzene rings is 2. The summed E-state index contributed by atoms with van der Waals surface area (Å²) in [6.07, 6.45) is 0. The summed E-state index contributed by atoms with van der Waals surface area (Å²) in [5.74, 6) is -0.847. The number of rotatable bonds is 6. The zero-order valence-corrected chi connectivity index (χ0v) is 12.1. The number of aliphatic carboxylic acids is 1. The number of thiol groups is 1. The molecule has 0 fully saturated rings. The first-order chi connectivity index (χ1) is 10.1. The molecular formula is C16H15NO3S. The molecule has 0 radical (unpaired) electrons. The second kappa shape index (κ2) is 6.95. The maximum Gasteiger partial charge on any atom is 0.326 e. The Bertz CT molecular complexity index is 626. The third kappa shape index (κ3) is 3.86. The number of carboxylic acids is 1. The average molecular weight is 301 g/mol. The van der Waals surface area contributed by atoms with Crippen LogP contribution < -0.4 is 5.32 Å². The van der Waals surface area contributed by atoms with Gasteiger partial charge in [-0.2, -0.15) is 12.6 Å². The topological polar surface area (TPSA) is 66.4 Å². The van der Waals surface area contributed by atoms with Gasteiger partial charge in [0.15, 0.2) is 5.78 Å². The number of anilines is 1. The molecule has 0 saturated carbocycles. The minimum absolute atomic E-state index is 0.0638. The standard InChI is InChI=1S/C16H15NO3S/c18-15(11-4-2-1-3-5-11)12-6-8-13(9-7-12)17-14(10-21)16(19)20/h1-9,14,17,21H,10H2,(H,19,20). The summed E-state index contributed by atoms with van der Waals surface area (Å²) in [4.78, 5) is 23.1. The van der Waals surface area contributed by atoms with Crippen LogP contribution in [0.1, 0.15) is 15.9 Å². The lowest BCUT2D eigenvalue weighted by molar-refractivity contribution is -0.137. The average Bonchev–Trinajstić information content (AvgIpc) is 2.53. The van der Waals surface area contributed by atoms with Crippen molar-refractivity contribution in [2.75, 3.05) is 11.1 Å². The Morgan fingerprint density at radius 2 is 1.57 bits per heavy atom. The van der Waals surface area contributed by atoms with Gasteiger partial charge in [-0.1, -0.05) is 30.3 Å². The lowest BCUT2D eigenvalue weighted by Gasteiger charge is -2.13. The predicted octanol–water partition coefficient (Wildman–Crippen LogP) is 2.71. The first-order valence-corrected chi connectivity index (χ1v) is 7.05. The van der Waals surface area contributed by atoms with Gasteiger partial charge in [0.25, 0.3) is 0 Å². The van der Waals surface area contributed by atoms with Crippen LogP contribution in [-0.2, 0) is 4.79 Å². The Balaban J connectivity index is 2.12. The van der Waals surface area contributed by atoms with Crippen LogP contribution >= 0.6 is 12.6 Å². The summed E-state index contributed by atoms with van der Waals surface area (Å²) < 4.78 is 0. The van der Waals surface area contributed by atoms with E-state index in [1.54, 1.807) is 36.4 Å². The largest absolute Gasteiger partial charge is 0.480 e. The normalized spacial score (nSPS) is 11.7. The van der Waals surface area contributed by atoms with Crippen LogP contribution in [0.3, 0.4) is 0 Å². The van der Waals surface area contributed by atoms with Gasteiger partial charge in [-0.05, 0) is 24.3 Å². The van der Waals surface area contributed by atoms with E-state index >= 15 is 0 Å². The molecule has 108 valence electrons. The zero-order valence-electron chi connectivity index (χ0n) is 11.2. The summed E-state index contributed by atoms with van der Waals surface area (Å²) in [5, 5.41) is 11.8. The van der Waals surface area contributed by atoms with Crippen LogP contribution in [0.25, 0.3) is 0 Å². The number of carbonyl (C=O) groups excluding carboxylic acids is 1. The number of carboxylic acid groups (broad SMARTS) is 1. The van der Waals surface area contributed by atoms with Crippen LogP contribution in [0, 0.1) is 0 Å². The van der Waals surface area contributed by atoms with Crippen LogP contribution in [-0.4, -0.2) is 28.7 Å². The van der Waals surface area contributed by atoms with Gasteiger partial charge in [0.05, 0.1) is 0 Å². The van der Waals surface area contributed by atoms with E-state index in [9.17, 15) is 9.59 Å². The molecule has 2 N–H and O–H groups in total. The van der Waals surface area contributed by atoms with E-state index in [1.807, 2.05) is 18.2 Å². The number of nitrogens with one attached hydrogen (secondary N) is 1. The number of ketones is 1. The Labute approximate surface area is 128 Å². The molecule has 1 atom stereocenters. The summed E-state index contributed by atoms with van der Waals surface area (Å²) in [7, 11) is 0. The van der Waals surface area contributed by atoms with Crippen molar-refractivity contribution < 1.29 is 14.7 Å². The molecule has 0 amide bonds. The van der Waals surface area contributed by atoms with E-state index in [2.05, 4.69) is 17.9 Å². The molecule has 21 heavy (non-hydrogen) atoms. The highest BCUT2D eigenvalue weighted by atomic mass is 32.1. The summed E-state index contributed by atoms with van der Waals surface area (Å²) in [5.41, 5.74) is 1.82. The molecule has 0 aliphatic heterocycles. The minimum Gasteiger partial charge on any atom is -0.480 e. The molecule has 1 unspecified atom stereocenters. The van der Waals surface area contributed by atoms with Gasteiger partial charge in [-0.3, -0.25) is 4.79 Å². The van der Waals surface area contributed by atoms with Gasteiger partial charge in [0.1, 0.15) is 6.04 Å². The van der Waals surface area contributed by atoms with E-state index in [1.165, 1.54) is 0 Å². The van der Waals surface area contributed by atoms with Crippen molar-refractivity contribution in [2.24, 2.45) is 0 Å². The molecule has 0 aliphatic carbocycles. The van der Waals surface area contributed by atoms with Crippen molar-refractivity contribution >= 4 is 30.1 Å². The Kier molecular flexibility index (Phi) is 5.00. The SMILES string of the molecule is O=C(c1ccccc1)c1ccc(NC(CS)C(=O)O)cc1. The fourth-order valence-corrected chi connectivity index (χ4v) is 2.11. The molecule has 0 bridgehead atoms. The quantitative estimate of drug-likeness (QED) is 0.567. The van der Waals surface area contributed by atoms with Crippen molar-refractivity contribution in [3.05, 3.63) is 65.7 Å². The van der Waals surface area contributed by atoms with Crippen LogP contribution in [0.15, 0.2) is 54.6 Å². The lowest BCUT2D eigenvalue weighted by Crippen LogP contribution is -2.30. The molecule has 0 aliphatic rings. The van der Waals surface area contributed by atoms with Crippen molar-refractivity contribution in [3.8, 4) is 0 Å². The zero-order chi connectivity index (χ0) is 15.2. The molecule has 0 saturated heterocycles. The monoisotopic (exact) mass is 301 g/mol. The highest BCUT2D eigenvalue weighted by molar-refractivity contribution is 7.80. The second-order valence-electron chi connectivity index (χ2n) is 4.49. The third-order valence-corrected chi connectivity index (χ3v) is 3.37. The molecule has 2 rings (SSSR count). The highest BCUT2D eigenvalue weighted by Gasteiger charge is 2.15.